The minimum absolute atomic E-state index is 0.135. The van der Waals surface area contributed by atoms with Gasteiger partial charge in [0.2, 0.25) is 0 Å². The lowest BCUT2D eigenvalue weighted by molar-refractivity contribution is 0.0404. The van der Waals surface area contributed by atoms with Crippen LogP contribution < -0.4 is 4.74 Å². The Kier molecular flexibility index (Phi) is 8.70. The molecule has 3 heterocycles. The minimum atomic E-state index is -0.662. The first-order valence-electron chi connectivity index (χ1n) is 13.2. The fourth-order valence-electron chi connectivity index (χ4n) is 5.48. The highest BCUT2D eigenvalue weighted by molar-refractivity contribution is 5.83. The third-order valence-electron chi connectivity index (χ3n) is 7.06. The largest absolute Gasteiger partial charge is 0.456 e. The van der Waals surface area contributed by atoms with E-state index in [9.17, 15) is 9.50 Å². The van der Waals surface area contributed by atoms with Gasteiger partial charge in [-0.05, 0) is 62.8 Å². The van der Waals surface area contributed by atoms with Crippen molar-refractivity contribution in [2.45, 2.75) is 52.1 Å². The molecule has 0 amide bonds. The second-order valence-corrected chi connectivity index (χ2v) is 11.5. The summed E-state index contributed by atoms with van der Waals surface area (Å²) in [6.45, 7) is 17.1. The number of halogens is 1. The van der Waals surface area contributed by atoms with Gasteiger partial charge in [-0.3, -0.25) is 14.8 Å². The van der Waals surface area contributed by atoms with Gasteiger partial charge in [0.15, 0.2) is 0 Å². The third-order valence-corrected chi connectivity index (χ3v) is 7.06. The number of β-amino-alcohol motifs (C(OH)–C–C–N with tert-alkyl or cyclic N) is 1. The van der Waals surface area contributed by atoms with Crippen molar-refractivity contribution in [3.63, 3.8) is 0 Å². The van der Waals surface area contributed by atoms with Gasteiger partial charge in [-0.25, -0.2) is 19.4 Å². The molecule has 1 N–H and O–H groups in total. The normalized spacial score (nSPS) is 21.0. The molecular formula is C29H39FN6O2. The highest BCUT2D eigenvalue weighted by atomic mass is 19.1. The highest BCUT2D eigenvalue weighted by Crippen LogP contribution is 2.40. The summed E-state index contributed by atoms with van der Waals surface area (Å²) in [6.07, 6.45) is 8.50. The molecule has 2 aliphatic rings. The molecule has 2 fully saturated rings. The summed E-state index contributed by atoms with van der Waals surface area (Å²) in [4.78, 5) is 21.9. The summed E-state index contributed by atoms with van der Waals surface area (Å²) in [7, 11) is 0. The molecule has 4 rings (SSSR count). The van der Waals surface area contributed by atoms with Gasteiger partial charge in [0, 0.05) is 43.5 Å². The highest BCUT2D eigenvalue weighted by Gasteiger charge is 2.43. The number of allylic oxidation sites excluding steroid dienone is 1. The quantitative estimate of drug-likeness (QED) is 0.280. The Bertz CT molecular complexity index is 1190. The van der Waals surface area contributed by atoms with Gasteiger partial charge < -0.3 is 9.84 Å². The molecule has 0 radical (unpaired) electrons. The van der Waals surface area contributed by atoms with E-state index in [1.54, 1.807) is 12.3 Å². The van der Waals surface area contributed by atoms with Gasteiger partial charge in [-0.2, -0.15) is 0 Å². The topological polar surface area (TPSA) is 86.4 Å². The lowest BCUT2D eigenvalue weighted by Crippen LogP contribution is -2.39. The third kappa shape index (κ3) is 7.30. The van der Waals surface area contributed by atoms with Crippen LogP contribution in [0.2, 0.25) is 0 Å². The van der Waals surface area contributed by atoms with Crippen LogP contribution in [0.15, 0.2) is 53.0 Å². The molecule has 1 spiro atoms. The maximum Gasteiger partial charge on any atom is 0.138 e. The molecule has 204 valence electrons. The van der Waals surface area contributed by atoms with E-state index in [0.717, 1.165) is 50.3 Å². The summed E-state index contributed by atoms with van der Waals surface area (Å²) in [6, 6.07) is 4.34. The number of hydrogen-bond acceptors (Lipinski definition) is 7. The molecule has 2 saturated heterocycles. The van der Waals surface area contributed by atoms with Gasteiger partial charge in [-0.1, -0.05) is 20.4 Å². The first kappa shape index (κ1) is 28.0. The number of aromatic nitrogens is 2. The number of aliphatic imine (C=N–C) groups is 2. The van der Waals surface area contributed by atoms with Crippen LogP contribution in [0.3, 0.4) is 0 Å². The number of ether oxygens (including phenoxy) is 1. The van der Waals surface area contributed by atoms with Crippen molar-refractivity contribution in [1.29, 1.82) is 0 Å². The van der Waals surface area contributed by atoms with E-state index >= 15 is 0 Å². The summed E-state index contributed by atoms with van der Waals surface area (Å²) in [5.74, 6) is 0.527. The number of nitrogens with zero attached hydrogens (tertiary/aromatic N) is 6. The Morgan fingerprint density at radius 1 is 1.24 bits per heavy atom. The van der Waals surface area contributed by atoms with Crippen molar-refractivity contribution in [2.75, 3.05) is 39.4 Å². The van der Waals surface area contributed by atoms with Crippen LogP contribution in [0, 0.1) is 11.2 Å². The number of likely N-dealkylation sites (tertiary alicyclic amines) is 2. The zero-order chi connectivity index (χ0) is 27.3. The maximum absolute atomic E-state index is 14.1. The zero-order valence-corrected chi connectivity index (χ0v) is 22.9. The number of aliphatic hydroxyl groups is 1. The molecule has 9 heteroatoms. The average Bonchev–Trinajstić information content (AvgIpc) is 3.44. The molecule has 8 nitrogen and oxygen atoms in total. The van der Waals surface area contributed by atoms with Crippen LogP contribution in [0.5, 0.6) is 5.75 Å². The van der Waals surface area contributed by atoms with E-state index in [1.807, 2.05) is 27.7 Å². The molecule has 2 aliphatic heterocycles. The molecule has 0 bridgehead atoms. The summed E-state index contributed by atoms with van der Waals surface area (Å²) >= 11 is 0. The molecule has 2 aromatic rings. The van der Waals surface area contributed by atoms with Crippen LogP contribution in [-0.2, 0) is 0 Å². The van der Waals surface area contributed by atoms with Gasteiger partial charge in [0.25, 0.3) is 0 Å². The second kappa shape index (κ2) is 11.8. The smallest absolute Gasteiger partial charge is 0.138 e. The summed E-state index contributed by atoms with van der Waals surface area (Å²) < 4.78 is 20.0. The molecule has 1 unspecified atom stereocenters. The Hall–Kier alpha value is -3.01. The number of benzene rings is 1. The van der Waals surface area contributed by atoms with Crippen LogP contribution in [-0.4, -0.2) is 82.4 Å². The van der Waals surface area contributed by atoms with E-state index in [-0.39, 0.29) is 11.7 Å². The standard InChI is InChI=1S/C29H39FN6O2/c1-21(2)27-25(14-32-19-34-27)24-12-23(30)6-7-26(24)38-22(3)13-31-18-33-20-36-11-9-29(17-36)8-10-35(16-29)15-28(4,5)37/h6-7,12-14,18-19,21,37H,3,8-11,15-17,20H2,1-2,4-5H3/b31-13-,33-18-. The zero-order valence-electron chi connectivity index (χ0n) is 22.9. The van der Waals surface area contributed by atoms with Gasteiger partial charge in [-0.15, -0.1) is 0 Å². The Morgan fingerprint density at radius 3 is 2.71 bits per heavy atom. The van der Waals surface area contributed by atoms with Crippen LogP contribution >= 0.6 is 0 Å². The van der Waals surface area contributed by atoms with E-state index in [4.69, 9.17) is 4.74 Å². The number of rotatable bonds is 10. The Morgan fingerprint density at radius 2 is 1.97 bits per heavy atom. The van der Waals surface area contributed by atoms with Gasteiger partial charge in [0.1, 0.15) is 30.0 Å². The van der Waals surface area contributed by atoms with Gasteiger partial charge >= 0.3 is 0 Å². The molecule has 1 atom stereocenters. The maximum atomic E-state index is 14.1. The number of hydrogen-bond donors (Lipinski definition) is 1. The van der Waals surface area contributed by atoms with Crippen LogP contribution in [0.4, 0.5) is 4.39 Å². The minimum Gasteiger partial charge on any atom is -0.456 e. The monoisotopic (exact) mass is 522 g/mol. The van der Waals surface area contributed by atoms with Crippen LogP contribution in [0.1, 0.15) is 52.1 Å². The fraction of sp³-hybridized carbons (Fsp3) is 0.517. The summed E-state index contributed by atoms with van der Waals surface area (Å²) in [5, 5.41) is 10.1. The molecule has 1 aromatic heterocycles. The Labute approximate surface area is 225 Å². The molecule has 0 saturated carbocycles. The average molecular weight is 523 g/mol. The lowest BCUT2D eigenvalue weighted by Gasteiger charge is -2.28. The van der Waals surface area contributed by atoms with Crippen molar-refractivity contribution in [1.82, 2.24) is 19.8 Å². The predicted octanol–water partition coefficient (Wildman–Crippen LogP) is 4.52. The predicted molar refractivity (Wildman–Crippen MR) is 149 cm³/mol. The fourth-order valence-corrected chi connectivity index (χ4v) is 5.48. The van der Waals surface area contributed by atoms with E-state index in [0.29, 0.717) is 35.7 Å². The molecule has 0 aliphatic carbocycles. The molecule has 38 heavy (non-hydrogen) atoms. The molecule has 1 aromatic carbocycles. The molecular weight excluding hydrogens is 483 g/mol. The van der Waals surface area contributed by atoms with E-state index in [1.165, 1.54) is 31.0 Å². The first-order chi connectivity index (χ1) is 18.0. The second-order valence-electron chi connectivity index (χ2n) is 11.5. The SMILES string of the molecule is C=C(/C=N\C=N/CN1CCC2(CCN(CC(C)(C)O)C2)C1)Oc1ccc(F)cc1-c1cncnc1C(C)C. The first-order valence-corrected chi connectivity index (χ1v) is 13.2. The van der Waals surface area contributed by atoms with Crippen molar-refractivity contribution in [3.05, 3.63) is 54.6 Å². The van der Waals surface area contributed by atoms with Crippen molar-refractivity contribution in [2.24, 2.45) is 15.4 Å². The van der Waals surface area contributed by atoms with Gasteiger partial charge in [0.05, 0.1) is 24.2 Å². The Balaban J connectivity index is 1.30. The van der Waals surface area contributed by atoms with E-state index in [2.05, 4.69) is 36.3 Å². The van der Waals surface area contributed by atoms with Crippen molar-refractivity contribution < 1.29 is 14.2 Å². The summed E-state index contributed by atoms with van der Waals surface area (Å²) in [5.41, 5.74) is 1.74. The lowest BCUT2D eigenvalue weighted by atomic mass is 9.86. The van der Waals surface area contributed by atoms with Crippen LogP contribution in [0.25, 0.3) is 11.1 Å². The van der Waals surface area contributed by atoms with Crippen molar-refractivity contribution >= 4 is 12.6 Å². The van der Waals surface area contributed by atoms with E-state index < -0.39 is 5.60 Å². The van der Waals surface area contributed by atoms with Crippen molar-refractivity contribution in [3.8, 4) is 16.9 Å².